The fourth-order valence-electron chi connectivity index (χ4n) is 2.79. The van der Waals surface area contributed by atoms with Crippen molar-refractivity contribution in [1.82, 2.24) is 16.0 Å². The van der Waals surface area contributed by atoms with Crippen molar-refractivity contribution in [1.29, 1.82) is 0 Å². The second-order valence-electron chi connectivity index (χ2n) is 8.59. The number of aliphatic hydroxyl groups is 1. The van der Waals surface area contributed by atoms with E-state index in [0.29, 0.717) is 0 Å². The normalized spacial score (nSPS) is 15.9. The van der Waals surface area contributed by atoms with Crippen molar-refractivity contribution in [2.75, 3.05) is 0 Å². The molecule has 0 radical (unpaired) electrons. The molecule has 5 atom stereocenters. The van der Waals surface area contributed by atoms with Crippen molar-refractivity contribution in [3.8, 4) is 0 Å². The molecule has 5 unspecified atom stereocenters. The number of rotatable bonds is 14. The summed E-state index contributed by atoms with van der Waals surface area (Å²) in [5.74, 6) is -4.64. The first-order valence-corrected chi connectivity index (χ1v) is 10.5. The van der Waals surface area contributed by atoms with Gasteiger partial charge in [-0.2, -0.15) is 0 Å². The van der Waals surface area contributed by atoms with Gasteiger partial charge in [0.25, 0.3) is 0 Å². The molecule has 9 N–H and O–H groups in total. The summed E-state index contributed by atoms with van der Waals surface area (Å²) in [6.07, 6.45) is -1.37. The molecule has 32 heavy (non-hydrogen) atoms. The number of amides is 4. The lowest BCUT2D eigenvalue weighted by molar-refractivity contribution is -0.143. The van der Waals surface area contributed by atoms with Crippen molar-refractivity contribution in [2.45, 2.75) is 84.2 Å². The van der Waals surface area contributed by atoms with Crippen molar-refractivity contribution in [2.24, 2.45) is 23.3 Å². The van der Waals surface area contributed by atoms with E-state index in [-0.39, 0.29) is 25.2 Å². The Kier molecular flexibility index (Phi) is 12.5. The van der Waals surface area contributed by atoms with E-state index in [4.69, 9.17) is 11.5 Å². The number of carbonyl (C=O) groups excluding carboxylic acids is 4. The summed E-state index contributed by atoms with van der Waals surface area (Å²) in [7, 11) is 0. The van der Waals surface area contributed by atoms with Crippen LogP contribution in [0.4, 0.5) is 0 Å². The molecular weight excluding hydrogens is 422 g/mol. The first-order valence-electron chi connectivity index (χ1n) is 10.5. The molecule has 0 aliphatic heterocycles. The van der Waals surface area contributed by atoms with Gasteiger partial charge in [0.1, 0.15) is 24.2 Å². The van der Waals surface area contributed by atoms with Gasteiger partial charge in [-0.3, -0.25) is 19.2 Å². The third-order valence-corrected chi connectivity index (χ3v) is 4.70. The predicted octanol–water partition coefficient (Wildman–Crippen LogP) is -1.80. The summed E-state index contributed by atoms with van der Waals surface area (Å²) in [6, 6.07) is -4.79. The SMILES string of the molecule is CC(C)CC(NC(=O)C(CCC(N)=O)NC(=O)C(NC(=O)C(N)C(C)O)C(C)C)C(=O)O. The van der Waals surface area contributed by atoms with Gasteiger partial charge in [-0.1, -0.05) is 27.7 Å². The Morgan fingerprint density at radius 3 is 1.78 bits per heavy atom. The fourth-order valence-corrected chi connectivity index (χ4v) is 2.79. The highest BCUT2D eigenvalue weighted by molar-refractivity contribution is 5.94. The summed E-state index contributed by atoms with van der Waals surface area (Å²) in [5.41, 5.74) is 10.7. The van der Waals surface area contributed by atoms with Crippen molar-refractivity contribution >= 4 is 29.6 Å². The number of hydrogen-bond acceptors (Lipinski definition) is 7. The number of aliphatic carboxylic acids is 1. The second kappa shape index (κ2) is 13.6. The van der Waals surface area contributed by atoms with Crippen LogP contribution < -0.4 is 27.4 Å². The molecule has 0 aliphatic carbocycles. The third-order valence-electron chi connectivity index (χ3n) is 4.70. The number of carboxylic acid groups (broad SMARTS) is 1. The van der Waals surface area contributed by atoms with Crippen molar-refractivity contribution in [3.05, 3.63) is 0 Å². The van der Waals surface area contributed by atoms with Gasteiger partial charge in [-0.25, -0.2) is 4.79 Å². The molecule has 0 bridgehead atoms. The number of carbonyl (C=O) groups is 5. The van der Waals surface area contributed by atoms with E-state index in [0.717, 1.165) is 0 Å². The van der Waals surface area contributed by atoms with Crippen LogP contribution in [0, 0.1) is 11.8 Å². The van der Waals surface area contributed by atoms with Crippen LogP contribution in [0.1, 0.15) is 53.9 Å². The largest absolute Gasteiger partial charge is 0.480 e. The number of primary amides is 1. The molecule has 0 fully saturated rings. The molecule has 4 amide bonds. The summed E-state index contributed by atoms with van der Waals surface area (Å²) >= 11 is 0. The molecule has 0 saturated carbocycles. The Balaban J connectivity index is 5.52. The minimum absolute atomic E-state index is 0.0197. The molecule has 0 aromatic carbocycles. The summed E-state index contributed by atoms with van der Waals surface area (Å²) in [4.78, 5) is 60.4. The summed E-state index contributed by atoms with van der Waals surface area (Å²) in [6.45, 7) is 8.22. The molecule has 0 aromatic heterocycles. The molecule has 0 aliphatic rings. The van der Waals surface area contributed by atoms with Crippen LogP contribution in [-0.2, 0) is 24.0 Å². The van der Waals surface area contributed by atoms with Gasteiger partial charge in [-0.05, 0) is 31.6 Å². The molecule has 0 rings (SSSR count). The first-order chi connectivity index (χ1) is 14.7. The van der Waals surface area contributed by atoms with E-state index in [1.807, 2.05) is 0 Å². The van der Waals surface area contributed by atoms with Crippen LogP contribution in [0.2, 0.25) is 0 Å². The van der Waals surface area contributed by atoms with Crippen molar-refractivity contribution < 1.29 is 34.2 Å². The standard InChI is InChI=1S/C20H37N5O7/c1-9(2)8-13(20(31)32)24-17(28)12(6-7-14(21)27)23-19(30)16(10(3)4)25-18(29)15(22)11(5)26/h9-13,15-16,26H,6-8,22H2,1-5H3,(H2,21,27)(H,23,30)(H,24,28)(H,25,29)(H,31,32). The fraction of sp³-hybridized carbons (Fsp3) is 0.750. The molecule has 12 nitrogen and oxygen atoms in total. The molecule has 0 saturated heterocycles. The molecular formula is C20H37N5O7. The molecule has 0 aromatic rings. The van der Waals surface area contributed by atoms with Crippen molar-refractivity contribution in [3.63, 3.8) is 0 Å². The number of aliphatic hydroxyl groups excluding tert-OH is 1. The minimum Gasteiger partial charge on any atom is -0.480 e. The second-order valence-corrected chi connectivity index (χ2v) is 8.59. The number of nitrogens with one attached hydrogen (secondary N) is 3. The Bertz CT molecular complexity index is 681. The zero-order valence-electron chi connectivity index (χ0n) is 19.3. The van der Waals surface area contributed by atoms with E-state index < -0.39 is 65.8 Å². The van der Waals surface area contributed by atoms with Gasteiger partial charge in [0.15, 0.2) is 0 Å². The molecule has 0 heterocycles. The van der Waals surface area contributed by atoms with Crippen LogP contribution in [0.25, 0.3) is 0 Å². The zero-order valence-corrected chi connectivity index (χ0v) is 19.3. The topological polar surface area (TPSA) is 214 Å². The monoisotopic (exact) mass is 459 g/mol. The maximum atomic E-state index is 12.8. The van der Waals surface area contributed by atoms with Gasteiger partial charge in [0.2, 0.25) is 23.6 Å². The molecule has 0 spiro atoms. The maximum Gasteiger partial charge on any atom is 0.326 e. The van der Waals surface area contributed by atoms with Crippen LogP contribution >= 0.6 is 0 Å². The Morgan fingerprint density at radius 2 is 1.38 bits per heavy atom. The van der Waals surface area contributed by atoms with E-state index in [2.05, 4.69) is 16.0 Å². The Morgan fingerprint density at radius 1 is 0.844 bits per heavy atom. The maximum absolute atomic E-state index is 12.8. The molecule has 12 heteroatoms. The van der Waals surface area contributed by atoms with Gasteiger partial charge < -0.3 is 37.6 Å². The highest BCUT2D eigenvalue weighted by atomic mass is 16.4. The number of carboxylic acids is 1. The lowest BCUT2D eigenvalue weighted by Gasteiger charge is -2.27. The zero-order chi connectivity index (χ0) is 25.2. The number of nitrogens with two attached hydrogens (primary N) is 2. The number of hydrogen-bond donors (Lipinski definition) is 7. The van der Waals surface area contributed by atoms with Gasteiger partial charge in [0, 0.05) is 6.42 Å². The van der Waals surface area contributed by atoms with Crippen LogP contribution in [0.15, 0.2) is 0 Å². The Labute approximate surface area is 187 Å². The van der Waals surface area contributed by atoms with E-state index in [9.17, 15) is 34.2 Å². The van der Waals surface area contributed by atoms with Crippen LogP contribution in [0.3, 0.4) is 0 Å². The van der Waals surface area contributed by atoms with E-state index in [1.54, 1.807) is 27.7 Å². The van der Waals surface area contributed by atoms with E-state index >= 15 is 0 Å². The first kappa shape index (κ1) is 29.3. The molecule has 184 valence electrons. The average molecular weight is 460 g/mol. The smallest absolute Gasteiger partial charge is 0.326 e. The third kappa shape index (κ3) is 10.5. The van der Waals surface area contributed by atoms with E-state index in [1.165, 1.54) is 6.92 Å². The highest BCUT2D eigenvalue weighted by Gasteiger charge is 2.32. The summed E-state index contributed by atoms with van der Waals surface area (Å²) < 4.78 is 0. The van der Waals surface area contributed by atoms with Crippen LogP contribution in [-0.4, -0.2) is 70.1 Å². The average Bonchev–Trinajstić information content (AvgIpc) is 2.66. The van der Waals surface area contributed by atoms with Gasteiger partial charge in [0.05, 0.1) is 6.10 Å². The Hall–Kier alpha value is -2.73. The van der Waals surface area contributed by atoms with Gasteiger partial charge >= 0.3 is 5.97 Å². The highest BCUT2D eigenvalue weighted by Crippen LogP contribution is 2.08. The minimum atomic E-state index is -1.26. The quantitative estimate of drug-likeness (QED) is 0.157. The summed E-state index contributed by atoms with van der Waals surface area (Å²) in [5, 5.41) is 26.1. The van der Waals surface area contributed by atoms with Crippen LogP contribution in [0.5, 0.6) is 0 Å². The lowest BCUT2D eigenvalue weighted by atomic mass is 10.0. The lowest BCUT2D eigenvalue weighted by Crippen LogP contribution is -2.59. The van der Waals surface area contributed by atoms with Gasteiger partial charge in [-0.15, -0.1) is 0 Å². The predicted molar refractivity (Wildman–Crippen MR) is 116 cm³/mol.